The van der Waals surface area contributed by atoms with Crippen LogP contribution >= 0.6 is 0 Å². The van der Waals surface area contributed by atoms with E-state index in [-0.39, 0.29) is 5.41 Å². The third-order valence-corrected chi connectivity index (χ3v) is 11.0. The number of fused-ring (bicyclic) bond motifs is 7. The molecule has 9 aromatic rings. The third-order valence-electron chi connectivity index (χ3n) is 11.0. The van der Waals surface area contributed by atoms with Gasteiger partial charge in [-0.2, -0.15) is 0 Å². The zero-order chi connectivity index (χ0) is 34.1. The maximum atomic E-state index is 2.51. The first-order valence-corrected chi connectivity index (χ1v) is 17.8. The predicted molar refractivity (Wildman–Crippen MR) is 216 cm³/mol. The molecule has 8 aromatic carbocycles. The average Bonchev–Trinajstić information content (AvgIpc) is 3.64. The van der Waals surface area contributed by atoms with Gasteiger partial charge in [-0.15, -0.1) is 0 Å². The number of hydrogen-bond acceptors (Lipinski definition) is 1. The highest BCUT2D eigenvalue weighted by Gasteiger charge is 2.36. The van der Waals surface area contributed by atoms with Crippen molar-refractivity contribution in [1.29, 1.82) is 0 Å². The summed E-state index contributed by atoms with van der Waals surface area (Å²) in [7, 11) is 0. The van der Waals surface area contributed by atoms with Crippen LogP contribution < -0.4 is 4.90 Å². The van der Waals surface area contributed by atoms with Gasteiger partial charge in [0.1, 0.15) is 0 Å². The lowest BCUT2D eigenvalue weighted by Crippen LogP contribution is -2.15. The first-order chi connectivity index (χ1) is 25.1. The summed E-state index contributed by atoms with van der Waals surface area (Å²) in [5, 5.41) is 4.91. The Morgan fingerprint density at radius 2 is 1.08 bits per heavy atom. The van der Waals surface area contributed by atoms with Crippen molar-refractivity contribution < 1.29 is 0 Å². The zero-order valence-corrected chi connectivity index (χ0v) is 28.7. The monoisotopic (exact) mass is 652 g/mol. The molecule has 2 heteroatoms. The van der Waals surface area contributed by atoms with Gasteiger partial charge >= 0.3 is 0 Å². The molecular weight excluding hydrogens is 617 g/mol. The van der Waals surface area contributed by atoms with Crippen LogP contribution in [0.5, 0.6) is 0 Å². The van der Waals surface area contributed by atoms with Crippen LogP contribution in [0.2, 0.25) is 0 Å². The fourth-order valence-corrected chi connectivity index (χ4v) is 8.64. The highest BCUT2D eigenvalue weighted by molar-refractivity contribution is 6.18. The van der Waals surface area contributed by atoms with E-state index >= 15 is 0 Å². The Labute approximate surface area is 298 Å². The Balaban J connectivity index is 1.30. The summed E-state index contributed by atoms with van der Waals surface area (Å²) in [6.45, 7) is 4.70. The first-order valence-electron chi connectivity index (χ1n) is 17.8. The molecule has 0 saturated carbocycles. The topological polar surface area (TPSA) is 8.17 Å². The molecule has 51 heavy (non-hydrogen) atoms. The van der Waals surface area contributed by atoms with Gasteiger partial charge in [-0.3, -0.25) is 0 Å². The van der Waals surface area contributed by atoms with Crippen LogP contribution in [-0.2, 0) is 5.41 Å². The van der Waals surface area contributed by atoms with Crippen LogP contribution in [0.3, 0.4) is 0 Å². The van der Waals surface area contributed by atoms with E-state index in [1.807, 2.05) is 0 Å². The number of hydrogen-bond donors (Lipinski definition) is 0. The maximum Gasteiger partial charge on any atom is 0.0562 e. The molecule has 10 rings (SSSR count). The number of rotatable bonds is 5. The van der Waals surface area contributed by atoms with Gasteiger partial charge in [-0.25, -0.2) is 0 Å². The molecule has 0 N–H and O–H groups in total. The van der Waals surface area contributed by atoms with E-state index in [1.165, 1.54) is 66.0 Å². The summed E-state index contributed by atoms with van der Waals surface area (Å²) >= 11 is 0. The van der Waals surface area contributed by atoms with Crippen molar-refractivity contribution in [3.63, 3.8) is 0 Å². The highest BCUT2D eigenvalue weighted by Crippen LogP contribution is 2.52. The van der Waals surface area contributed by atoms with Gasteiger partial charge < -0.3 is 9.47 Å². The fraction of sp³-hybridized carbons (Fsp3) is 0.0612. The van der Waals surface area contributed by atoms with E-state index in [9.17, 15) is 0 Å². The molecule has 0 aliphatic heterocycles. The smallest absolute Gasteiger partial charge is 0.0562 e. The third kappa shape index (κ3) is 4.43. The quantitative estimate of drug-likeness (QED) is 0.180. The molecule has 2 nitrogen and oxygen atoms in total. The molecule has 0 atom stereocenters. The number of aromatic nitrogens is 1. The molecule has 1 aliphatic rings. The Morgan fingerprint density at radius 3 is 1.90 bits per heavy atom. The number of benzene rings is 8. The van der Waals surface area contributed by atoms with Crippen LogP contribution in [0, 0.1) is 0 Å². The second-order valence-corrected chi connectivity index (χ2v) is 14.1. The Kier molecular flexibility index (Phi) is 6.56. The van der Waals surface area contributed by atoms with Crippen molar-refractivity contribution >= 4 is 49.6 Å². The second kappa shape index (κ2) is 11.3. The van der Waals surface area contributed by atoms with Crippen molar-refractivity contribution in [1.82, 2.24) is 4.57 Å². The van der Waals surface area contributed by atoms with Gasteiger partial charge in [0.25, 0.3) is 0 Å². The molecule has 0 radical (unpaired) electrons. The number of para-hydroxylation sites is 2. The standard InChI is InChI=1S/C49H36N2/c1-49(2)42-24-13-11-21-38(42)41-32-35(28-30-43(41)49)51(45-31-29-36(33-16-5-3-6-17-33)37-20-9-10-22-39(37)45)47-27-15-26-46-48(47)40-23-12-14-25-44(40)50(46)34-18-7-4-8-19-34/h3-32H,1-2H3. The lowest BCUT2D eigenvalue weighted by atomic mass is 9.82. The van der Waals surface area contributed by atoms with Crippen LogP contribution in [0.1, 0.15) is 25.0 Å². The lowest BCUT2D eigenvalue weighted by Gasteiger charge is -2.29. The molecule has 0 unspecified atom stereocenters. The van der Waals surface area contributed by atoms with Crippen molar-refractivity contribution in [3.05, 3.63) is 193 Å². The highest BCUT2D eigenvalue weighted by atomic mass is 15.1. The van der Waals surface area contributed by atoms with Crippen LogP contribution in [0.4, 0.5) is 17.1 Å². The molecule has 0 spiro atoms. The minimum atomic E-state index is -0.0670. The van der Waals surface area contributed by atoms with E-state index in [1.54, 1.807) is 0 Å². The average molecular weight is 653 g/mol. The van der Waals surface area contributed by atoms with E-state index < -0.39 is 0 Å². The van der Waals surface area contributed by atoms with E-state index in [0.29, 0.717) is 0 Å². The summed E-state index contributed by atoms with van der Waals surface area (Å²) in [5.74, 6) is 0. The minimum Gasteiger partial charge on any atom is -0.309 e. The van der Waals surface area contributed by atoms with Gasteiger partial charge in [0.05, 0.1) is 22.4 Å². The van der Waals surface area contributed by atoms with Gasteiger partial charge in [-0.05, 0) is 87.3 Å². The summed E-state index contributed by atoms with van der Waals surface area (Å²) in [6, 6.07) is 66.6. The van der Waals surface area contributed by atoms with E-state index in [4.69, 9.17) is 0 Å². The summed E-state index contributed by atoms with van der Waals surface area (Å²) in [5.41, 5.74) is 14.8. The molecule has 0 fully saturated rings. The normalized spacial score (nSPS) is 13.1. The lowest BCUT2D eigenvalue weighted by molar-refractivity contribution is 0.660. The van der Waals surface area contributed by atoms with Crippen LogP contribution in [0.25, 0.3) is 60.5 Å². The Hall–Kier alpha value is -6.38. The van der Waals surface area contributed by atoms with Gasteiger partial charge in [0.2, 0.25) is 0 Å². The minimum absolute atomic E-state index is 0.0670. The van der Waals surface area contributed by atoms with Crippen LogP contribution in [-0.4, -0.2) is 4.57 Å². The van der Waals surface area contributed by atoms with Crippen molar-refractivity contribution in [3.8, 4) is 27.9 Å². The molecular formula is C49H36N2. The molecule has 242 valence electrons. The molecule has 1 heterocycles. The van der Waals surface area contributed by atoms with Gasteiger partial charge in [-0.1, -0.05) is 147 Å². The Morgan fingerprint density at radius 1 is 0.431 bits per heavy atom. The maximum absolute atomic E-state index is 2.51. The number of anilines is 3. The SMILES string of the molecule is CC1(C)c2ccccc2-c2cc(N(c3ccc(-c4ccccc4)c4ccccc34)c3cccc4c3c3ccccc3n4-c3ccccc3)ccc21. The fourth-order valence-electron chi connectivity index (χ4n) is 8.64. The van der Waals surface area contributed by atoms with E-state index in [2.05, 4.69) is 205 Å². The van der Waals surface area contributed by atoms with Gasteiger partial charge in [0, 0.05) is 32.9 Å². The summed E-state index contributed by atoms with van der Waals surface area (Å²) < 4.78 is 2.41. The van der Waals surface area contributed by atoms with Crippen molar-refractivity contribution in [2.75, 3.05) is 4.90 Å². The van der Waals surface area contributed by atoms with E-state index in [0.717, 1.165) is 22.7 Å². The largest absolute Gasteiger partial charge is 0.309 e. The molecule has 1 aromatic heterocycles. The summed E-state index contributed by atoms with van der Waals surface area (Å²) in [4.78, 5) is 2.51. The second-order valence-electron chi connectivity index (χ2n) is 14.1. The molecule has 0 bridgehead atoms. The van der Waals surface area contributed by atoms with Crippen LogP contribution in [0.15, 0.2) is 182 Å². The van der Waals surface area contributed by atoms with Gasteiger partial charge in [0.15, 0.2) is 0 Å². The first kappa shape index (κ1) is 29.5. The van der Waals surface area contributed by atoms with Crippen molar-refractivity contribution in [2.24, 2.45) is 0 Å². The van der Waals surface area contributed by atoms with Crippen molar-refractivity contribution in [2.45, 2.75) is 19.3 Å². The predicted octanol–water partition coefficient (Wildman–Crippen LogP) is 13.4. The molecule has 0 saturated heterocycles. The summed E-state index contributed by atoms with van der Waals surface area (Å²) in [6.07, 6.45) is 0. The Bertz CT molecular complexity index is 2770. The molecule has 0 amide bonds. The zero-order valence-electron chi connectivity index (χ0n) is 28.7. The molecule has 1 aliphatic carbocycles. The number of nitrogens with zero attached hydrogens (tertiary/aromatic N) is 2.